The van der Waals surface area contributed by atoms with E-state index >= 15 is 0 Å². The molecule has 2 N–H and O–H groups in total. The Morgan fingerprint density at radius 1 is 1.59 bits per heavy atom. The monoisotopic (exact) mass is 252 g/mol. The molecule has 1 aromatic carbocycles. The van der Waals surface area contributed by atoms with Crippen LogP contribution in [-0.2, 0) is 0 Å². The standard InChI is InChI=1S/C11H12N2O3S/c1-16-7-2-3-9-8(6-7)13-11(17-9)10(15)12-4-5-14/h2-3,6,14H,4-5H2,1H3,(H,12,15). The second kappa shape index (κ2) is 5.11. The summed E-state index contributed by atoms with van der Waals surface area (Å²) in [4.78, 5) is 15.8. The van der Waals surface area contributed by atoms with Crippen molar-refractivity contribution in [1.29, 1.82) is 0 Å². The lowest BCUT2D eigenvalue weighted by atomic mass is 10.3. The molecule has 0 spiro atoms. The van der Waals surface area contributed by atoms with Crippen molar-refractivity contribution in [2.45, 2.75) is 0 Å². The molecule has 1 amide bonds. The first kappa shape index (κ1) is 11.8. The Hall–Kier alpha value is -1.66. The molecule has 0 unspecified atom stereocenters. The highest BCUT2D eigenvalue weighted by molar-refractivity contribution is 7.20. The van der Waals surface area contributed by atoms with Gasteiger partial charge in [-0.3, -0.25) is 4.79 Å². The number of nitrogens with one attached hydrogen (secondary N) is 1. The van der Waals surface area contributed by atoms with Crippen LogP contribution in [0.3, 0.4) is 0 Å². The molecule has 0 saturated carbocycles. The highest BCUT2D eigenvalue weighted by atomic mass is 32.1. The second-order valence-electron chi connectivity index (χ2n) is 3.33. The van der Waals surface area contributed by atoms with Crippen molar-refractivity contribution >= 4 is 27.5 Å². The van der Waals surface area contributed by atoms with E-state index in [9.17, 15) is 4.79 Å². The number of nitrogens with zero attached hydrogens (tertiary/aromatic N) is 1. The quantitative estimate of drug-likeness (QED) is 0.852. The average molecular weight is 252 g/mol. The number of fused-ring (bicyclic) bond motifs is 1. The molecule has 0 atom stereocenters. The summed E-state index contributed by atoms with van der Waals surface area (Å²) < 4.78 is 6.02. The predicted molar refractivity (Wildman–Crippen MR) is 65.6 cm³/mol. The molecule has 1 aromatic heterocycles. The van der Waals surface area contributed by atoms with Gasteiger partial charge in [0.1, 0.15) is 5.75 Å². The summed E-state index contributed by atoms with van der Waals surface area (Å²) in [5.41, 5.74) is 0.739. The van der Waals surface area contributed by atoms with E-state index in [0.717, 1.165) is 10.2 Å². The number of aromatic nitrogens is 1. The summed E-state index contributed by atoms with van der Waals surface area (Å²) in [7, 11) is 1.59. The summed E-state index contributed by atoms with van der Waals surface area (Å²) in [6.45, 7) is 0.155. The number of carbonyl (C=O) groups excluding carboxylic acids is 1. The van der Waals surface area contributed by atoms with E-state index in [-0.39, 0.29) is 19.1 Å². The van der Waals surface area contributed by atoms with Crippen LogP contribution in [0.4, 0.5) is 0 Å². The SMILES string of the molecule is COc1ccc2sc(C(=O)NCCO)nc2c1. The lowest BCUT2D eigenvalue weighted by molar-refractivity contribution is 0.0944. The van der Waals surface area contributed by atoms with Gasteiger partial charge in [0.2, 0.25) is 0 Å². The molecule has 5 nitrogen and oxygen atoms in total. The number of aliphatic hydroxyl groups is 1. The van der Waals surface area contributed by atoms with Gasteiger partial charge in [0, 0.05) is 12.6 Å². The van der Waals surface area contributed by atoms with E-state index < -0.39 is 0 Å². The van der Waals surface area contributed by atoms with E-state index in [1.165, 1.54) is 11.3 Å². The number of thiazole rings is 1. The highest BCUT2D eigenvalue weighted by Crippen LogP contribution is 2.25. The smallest absolute Gasteiger partial charge is 0.280 e. The maximum atomic E-state index is 11.6. The Bertz CT molecular complexity index is 538. The van der Waals surface area contributed by atoms with Gasteiger partial charge in [-0.25, -0.2) is 4.98 Å². The molecule has 0 aliphatic rings. The minimum absolute atomic E-state index is 0.0789. The van der Waals surface area contributed by atoms with Gasteiger partial charge in [0.05, 0.1) is 23.9 Å². The Morgan fingerprint density at radius 3 is 3.12 bits per heavy atom. The molecule has 2 aromatic rings. The lowest BCUT2D eigenvalue weighted by Gasteiger charge is -1.97. The molecule has 1 heterocycles. The van der Waals surface area contributed by atoms with Gasteiger partial charge in [-0.2, -0.15) is 0 Å². The third-order valence-corrected chi connectivity index (χ3v) is 3.22. The molecule has 17 heavy (non-hydrogen) atoms. The van der Waals surface area contributed by atoms with Gasteiger partial charge in [-0.1, -0.05) is 0 Å². The number of amides is 1. The normalized spacial score (nSPS) is 10.5. The summed E-state index contributed by atoms with van der Waals surface area (Å²) in [5.74, 6) is 0.448. The Balaban J connectivity index is 2.28. The molecule has 0 saturated heterocycles. The first-order chi connectivity index (χ1) is 8.24. The maximum absolute atomic E-state index is 11.6. The molecule has 6 heteroatoms. The number of carbonyl (C=O) groups is 1. The van der Waals surface area contributed by atoms with Crippen LogP contribution in [0.5, 0.6) is 5.75 Å². The fourth-order valence-corrected chi connectivity index (χ4v) is 2.24. The first-order valence-corrected chi connectivity index (χ1v) is 5.90. The molecule has 0 bridgehead atoms. The largest absolute Gasteiger partial charge is 0.497 e. The Kier molecular flexibility index (Phi) is 3.55. The predicted octanol–water partition coefficient (Wildman–Crippen LogP) is 1.03. The van der Waals surface area contributed by atoms with Gasteiger partial charge in [0.25, 0.3) is 5.91 Å². The number of rotatable bonds is 4. The molecular formula is C11H12N2O3S. The van der Waals surface area contributed by atoms with Crippen LogP contribution in [0.25, 0.3) is 10.2 Å². The number of hydrogen-bond donors (Lipinski definition) is 2. The topological polar surface area (TPSA) is 71.5 Å². The second-order valence-corrected chi connectivity index (χ2v) is 4.36. The Labute approximate surface area is 102 Å². The van der Waals surface area contributed by atoms with E-state index in [1.807, 2.05) is 12.1 Å². The molecule has 0 fully saturated rings. The molecule has 2 rings (SSSR count). The number of ether oxygens (including phenoxy) is 1. The minimum Gasteiger partial charge on any atom is -0.497 e. The molecule has 0 radical (unpaired) electrons. The number of methoxy groups -OCH3 is 1. The maximum Gasteiger partial charge on any atom is 0.280 e. The van der Waals surface area contributed by atoms with Crippen molar-refractivity contribution < 1.29 is 14.6 Å². The van der Waals surface area contributed by atoms with Crippen molar-refractivity contribution in [3.63, 3.8) is 0 Å². The summed E-state index contributed by atoms with van der Waals surface area (Å²) in [5, 5.41) is 11.6. The van der Waals surface area contributed by atoms with E-state index in [1.54, 1.807) is 13.2 Å². The average Bonchev–Trinajstić information content (AvgIpc) is 2.78. The molecular weight excluding hydrogens is 240 g/mol. The lowest BCUT2D eigenvalue weighted by Crippen LogP contribution is -2.26. The van der Waals surface area contributed by atoms with Gasteiger partial charge < -0.3 is 15.2 Å². The summed E-state index contributed by atoms with van der Waals surface area (Å²) in [6.07, 6.45) is 0. The van der Waals surface area contributed by atoms with Gasteiger partial charge in [-0.15, -0.1) is 11.3 Å². The van der Waals surface area contributed by atoms with Gasteiger partial charge in [-0.05, 0) is 12.1 Å². The first-order valence-electron chi connectivity index (χ1n) is 5.08. The van der Waals surface area contributed by atoms with Crippen LogP contribution >= 0.6 is 11.3 Å². The van der Waals surface area contributed by atoms with Crippen LogP contribution in [0, 0.1) is 0 Å². The van der Waals surface area contributed by atoms with Crippen molar-refractivity contribution in [2.75, 3.05) is 20.3 Å². The highest BCUT2D eigenvalue weighted by Gasteiger charge is 2.11. The minimum atomic E-state index is -0.265. The number of hydrogen-bond acceptors (Lipinski definition) is 5. The molecule has 0 aliphatic heterocycles. The third kappa shape index (κ3) is 2.54. The number of benzene rings is 1. The zero-order chi connectivity index (χ0) is 12.3. The Morgan fingerprint density at radius 2 is 2.41 bits per heavy atom. The zero-order valence-corrected chi connectivity index (χ0v) is 10.1. The summed E-state index contributed by atoms with van der Waals surface area (Å²) >= 11 is 1.31. The van der Waals surface area contributed by atoms with Crippen LogP contribution in [0.15, 0.2) is 18.2 Å². The van der Waals surface area contributed by atoms with Crippen LogP contribution < -0.4 is 10.1 Å². The van der Waals surface area contributed by atoms with Crippen molar-refractivity contribution in [3.05, 3.63) is 23.2 Å². The van der Waals surface area contributed by atoms with E-state index in [0.29, 0.717) is 10.8 Å². The van der Waals surface area contributed by atoms with Crippen LogP contribution in [-0.4, -0.2) is 36.3 Å². The molecule has 0 aliphatic carbocycles. The molecule has 90 valence electrons. The van der Waals surface area contributed by atoms with Gasteiger partial charge in [0.15, 0.2) is 5.01 Å². The third-order valence-electron chi connectivity index (χ3n) is 2.19. The van der Waals surface area contributed by atoms with Crippen molar-refractivity contribution in [3.8, 4) is 5.75 Å². The fourth-order valence-electron chi connectivity index (χ4n) is 1.38. The van der Waals surface area contributed by atoms with E-state index in [2.05, 4.69) is 10.3 Å². The van der Waals surface area contributed by atoms with Gasteiger partial charge >= 0.3 is 0 Å². The van der Waals surface area contributed by atoms with Crippen molar-refractivity contribution in [1.82, 2.24) is 10.3 Å². The van der Waals surface area contributed by atoms with Crippen molar-refractivity contribution in [2.24, 2.45) is 0 Å². The zero-order valence-electron chi connectivity index (χ0n) is 9.27. The number of aliphatic hydroxyl groups excluding tert-OH is 1. The van der Waals surface area contributed by atoms with Crippen LogP contribution in [0.2, 0.25) is 0 Å². The summed E-state index contributed by atoms with van der Waals surface area (Å²) in [6, 6.07) is 5.49. The van der Waals surface area contributed by atoms with Crippen LogP contribution in [0.1, 0.15) is 9.80 Å². The fraction of sp³-hybridized carbons (Fsp3) is 0.273. The van der Waals surface area contributed by atoms with E-state index in [4.69, 9.17) is 9.84 Å².